The van der Waals surface area contributed by atoms with Crippen molar-refractivity contribution < 1.29 is 22.1 Å². The molecule has 0 amide bonds. The van der Waals surface area contributed by atoms with Crippen LogP contribution in [-0.4, -0.2) is 39.3 Å². The van der Waals surface area contributed by atoms with E-state index in [-0.39, 0.29) is 13.2 Å². The van der Waals surface area contributed by atoms with Gasteiger partial charge in [0.1, 0.15) is 6.10 Å². The molecule has 2 rings (SSSR count). The average Bonchev–Trinajstić information content (AvgIpc) is 2.82. The number of alkyl halides is 1. The first-order valence-electron chi connectivity index (χ1n) is 5.73. The Balaban J connectivity index is 2.06. The molecule has 7 heteroatoms. The van der Waals surface area contributed by atoms with Crippen LogP contribution >= 0.6 is 15.9 Å². The Morgan fingerprint density at radius 2 is 2.11 bits per heavy atom. The van der Waals surface area contributed by atoms with Crippen LogP contribution in [0.15, 0.2) is 30.3 Å². The fourth-order valence-corrected chi connectivity index (χ4v) is 2.85. The van der Waals surface area contributed by atoms with E-state index in [9.17, 15) is 8.42 Å². The lowest BCUT2D eigenvalue weighted by Gasteiger charge is -2.26. The van der Waals surface area contributed by atoms with Crippen molar-refractivity contribution in [2.24, 2.45) is 0 Å². The number of hydrogen-bond acceptors (Lipinski definition) is 5. The van der Waals surface area contributed by atoms with Crippen molar-refractivity contribution in [3.8, 4) is 0 Å². The van der Waals surface area contributed by atoms with Crippen molar-refractivity contribution in [3.05, 3.63) is 35.9 Å². The summed E-state index contributed by atoms with van der Waals surface area (Å²) in [5.74, 6) is -0.882. The topological polar surface area (TPSA) is 61.8 Å². The SMILES string of the molecule is CS(=O)(=O)OC[C@@H]1CO[C@](CBr)(c2ccccc2)O1. The molecule has 1 fully saturated rings. The van der Waals surface area contributed by atoms with Gasteiger partial charge in [-0.05, 0) is 0 Å². The van der Waals surface area contributed by atoms with E-state index in [0.29, 0.717) is 5.33 Å². The highest BCUT2D eigenvalue weighted by Gasteiger charge is 2.42. The molecule has 0 bridgehead atoms. The van der Waals surface area contributed by atoms with Crippen molar-refractivity contribution in [3.63, 3.8) is 0 Å². The number of halogens is 1. The summed E-state index contributed by atoms with van der Waals surface area (Å²) in [5, 5.41) is 0.458. The third kappa shape index (κ3) is 3.76. The molecule has 1 aliphatic heterocycles. The van der Waals surface area contributed by atoms with Crippen LogP contribution < -0.4 is 0 Å². The Morgan fingerprint density at radius 3 is 2.68 bits per heavy atom. The molecular weight excluding hydrogens is 336 g/mol. The molecule has 2 atom stereocenters. The lowest BCUT2D eigenvalue weighted by Crippen LogP contribution is -2.31. The summed E-state index contributed by atoms with van der Waals surface area (Å²) in [4.78, 5) is 0. The van der Waals surface area contributed by atoms with Gasteiger partial charge in [-0.3, -0.25) is 4.18 Å². The van der Waals surface area contributed by atoms with Crippen molar-refractivity contribution in [1.82, 2.24) is 0 Å². The van der Waals surface area contributed by atoms with Crippen molar-refractivity contribution in [2.45, 2.75) is 11.9 Å². The van der Waals surface area contributed by atoms with Gasteiger partial charge in [-0.2, -0.15) is 8.42 Å². The summed E-state index contributed by atoms with van der Waals surface area (Å²) < 4.78 is 38.2. The van der Waals surface area contributed by atoms with Crippen LogP contribution in [-0.2, 0) is 29.6 Å². The van der Waals surface area contributed by atoms with Crippen LogP contribution in [0.3, 0.4) is 0 Å². The summed E-state index contributed by atoms with van der Waals surface area (Å²) in [6.07, 6.45) is 0.602. The van der Waals surface area contributed by atoms with Crippen molar-refractivity contribution in [2.75, 3.05) is 24.8 Å². The molecular formula is C12H15BrO5S. The zero-order chi connectivity index (χ0) is 13.9. The van der Waals surface area contributed by atoms with E-state index in [1.165, 1.54) is 0 Å². The predicted octanol–water partition coefficient (Wildman–Crippen LogP) is 1.63. The monoisotopic (exact) mass is 350 g/mol. The zero-order valence-corrected chi connectivity index (χ0v) is 12.8. The average molecular weight is 351 g/mol. The number of benzene rings is 1. The lowest BCUT2D eigenvalue weighted by molar-refractivity contribution is -0.159. The molecule has 1 aromatic rings. The summed E-state index contributed by atoms with van der Waals surface area (Å²) in [5.41, 5.74) is 0.883. The fraction of sp³-hybridized carbons (Fsp3) is 0.500. The summed E-state index contributed by atoms with van der Waals surface area (Å²) in [6, 6.07) is 9.51. The first kappa shape index (κ1) is 14.9. The van der Waals surface area contributed by atoms with Gasteiger partial charge in [0, 0.05) is 5.56 Å². The zero-order valence-electron chi connectivity index (χ0n) is 10.4. The van der Waals surface area contributed by atoms with Gasteiger partial charge >= 0.3 is 0 Å². The van der Waals surface area contributed by atoms with E-state index in [1.807, 2.05) is 30.3 Å². The minimum Gasteiger partial charge on any atom is -0.342 e. The molecule has 1 aromatic carbocycles. The minimum absolute atomic E-state index is 0.0413. The molecule has 0 unspecified atom stereocenters. The molecule has 19 heavy (non-hydrogen) atoms. The third-order valence-corrected chi connectivity index (χ3v) is 4.02. The molecule has 0 aromatic heterocycles. The lowest BCUT2D eigenvalue weighted by atomic mass is 10.1. The molecule has 0 spiro atoms. The first-order valence-corrected chi connectivity index (χ1v) is 8.67. The van der Waals surface area contributed by atoms with Gasteiger partial charge in [-0.15, -0.1) is 0 Å². The molecule has 1 saturated heterocycles. The smallest absolute Gasteiger partial charge is 0.264 e. The highest BCUT2D eigenvalue weighted by molar-refractivity contribution is 9.09. The number of ether oxygens (including phenoxy) is 2. The standard InChI is InChI=1S/C12H15BrO5S/c1-19(14,15)17-8-11-7-16-12(9-13,18-11)10-5-3-2-4-6-10/h2-6,11H,7-9H2,1H3/t11-,12-/m0/s1. The van der Waals surface area contributed by atoms with E-state index in [1.54, 1.807) is 0 Å². The predicted molar refractivity (Wildman–Crippen MR) is 73.5 cm³/mol. The minimum atomic E-state index is -3.47. The second-order valence-corrected chi connectivity index (χ2v) is 6.50. The maximum Gasteiger partial charge on any atom is 0.264 e. The van der Waals surface area contributed by atoms with Crippen LogP contribution in [0.5, 0.6) is 0 Å². The van der Waals surface area contributed by atoms with Crippen LogP contribution in [0.1, 0.15) is 5.56 Å². The van der Waals surface area contributed by atoms with Gasteiger partial charge in [0.15, 0.2) is 0 Å². The van der Waals surface area contributed by atoms with Crippen LogP contribution in [0, 0.1) is 0 Å². The van der Waals surface area contributed by atoms with Gasteiger partial charge in [-0.25, -0.2) is 0 Å². The Labute approximate surface area is 121 Å². The van der Waals surface area contributed by atoms with Crippen molar-refractivity contribution in [1.29, 1.82) is 0 Å². The summed E-state index contributed by atoms with van der Waals surface area (Å²) in [7, 11) is -3.47. The Bertz CT molecular complexity index is 518. The first-order chi connectivity index (χ1) is 8.95. The molecule has 0 aliphatic carbocycles. The molecule has 0 saturated carbocycles. The van der Waals surface area contributed by atoms with Crippen LogP contribution in [0.2, 0.25) is 0 Å². The highest BCUT2D eigenvalue weighted by atomic mass is 79.9. The molecule has 5 nitrogen and oxygen atoms in total. The number of rotatable bonds is 5. The summed E-state index contributed by atoms with van der Waals surface area (Å²) >= 11 is 3.38. The second kappa shape index (κ2) is 5.88. The third-order valence-electron chi connectivity index (χ3n) is 2.72. The molecule has 0 radical (unpaired) electrons. The molecule has 106 valence electrons. The summed E-state index contributed by atoms with van der Waals surface area (Å²) in [6.45, 7) is 0.246. The van der Waals surface area contributed by atoms with Gasteiger partial charge in [-0.1, -0.05) is 46.3 Å². The quantitative estimate of drug-likeness (QED) is 0.596. The van der Waals surface area contributed by atoms with Crippen LogP contribution in [0.4, 0.5) is 0 Å². The highest BCUT2D eigenvalue weighted by Crippen LogP contribution is 2.36. The molecule has 1 aliphatic rings. The van der Waals surface area contributed by atoms with Gasteiger partial charge in [0.05, 0.1) is 24.8 Å². The number of hydrogen-bond donors (Lipinski definition) is 0. The van der Waals surface area contributed by atoms with E-state index in [0.717, 1.165) is 11.8 Å². The largest absolute Gasteiger partial charge is 0.342 e. The fourth-order valence-electron chi connectivity index (χ4n) is 1.84. The van der Waals surface area contributed by atoms with Crippen LogP contribution in [0.25, 0.3) is 0 Å². The normalized spacial score (nSPS) is 27.6. The van der Waals surface area contributed by atoms with Gasteiger partial charge in [0.25, 0.3) is 10.1 Å². The molecule has 1 heterocycles. The van der Waals surface area contributed by atoms with Gasteiger partial charge < -0.3 is 9.47 Å². The maximum atomic E-state index is 11.0. The molecule has 0 N–H and O–H groups in total. The van der Waals surface area contributed by atoms with E-state index in [2.05, 4.69) is 15.9 Å². The van der Waals surface area contributed by atoms with E-state index in [4.69, 9.17) is 13.7 Å². The van der Waals surface area contributed by atoms with E-state index >= 15 is 0 Å². The van der Waals surface area contributed by atoms with Crippen molar-refractivity contribution >= 4 is 26.0 Å². The Morgan fingerprint density at radius 1 is 1.42 bits per heavy atom. The Kier molecular flexibility index (Phi) is 4.62. The van der Waals surface area contributed by atoms with Gasteiger partial charge in [0.2, 0.25) is 5.79 Å². The van der Waals surface area contributed by atoms with E-state index < -0.39 is 22.0 Å². The Hall–Kier alpha value is -0.470. The maximum absolute atomic E-state index is 11.0. The second-order valence-electron chi connectivity index (χ2n) is 4.29.